The van der Waals surface area contributed by atoms with Crippen LogP contribution in [0.15, 0.2) is 117 Å². The Kier molecular flexibility index (Phi) is 11.8. The zero-order valence-corrected chi connectivity index (χ0v) is 21.5. The number of para-hydroxylation sites is 1. The van der Waals surface area contributed by atoms with Gasteiger partial charge in [-0.25, -0.2) is 5.43 Å². The van der Waals surface area contributed by atoms with E-state index in [0.29, 0.717) is 27.4 Å². The molecule has 4 aromatic rings. The van der Waals surface area contributed by atoms with Crippen molar-refractivity contribution in [2.45, 2.75) is 4.90 Å². The molecule has 1 heterocycles. The number of aliphatic imine (C=N–C) groups is 1. The number of amides is 1. The Hall–Kier alpha value is -3.39. The van der Waals surface area contributed by atoms with E-state index in [4.69, 9.17) is 12.6 Å². The number of carbonyl (C=O) groups is 1. The predicted molar refractivity (Wildman–Crippen MR) is 139 cm³/mol. The molecule has 0 bridgehead atoms. The number of nitrogens with zero attached hydrogens (tertiary/aromatic N) is 3. The minimum atomic E-state index is -0.238. The van der Waals surface area contributed by atoms with Gasteiger partial charge < -0.3 is 17.7 Å². The summed E-state index contributed by atoms with van der Waals surface area (Å²) in [6.07, 6.45) is 4.71. The Morgan fingerprint density at radius 2 is 1.66 bits per heavy atom. The topological polar surface area (TPSA) is 89.8 Å². The number of halogens is 1. The Morgan fingerprint density at radius 1 is 0.943 bits per heavy atom. The molecule has 1 amide bonds. The van der Waals surface area contributed by atoms with Crippen LogP contribution in [0.5, 0.6) is 5.75 Å². The maximum atomic E-state index is 11.6. The standard InChI is InChI=1S/C13H10BrNOS.C13H11N3O.Ni/c14-10-5-6-12(16)9(7-10)8-15-11-3-1-2-4-13(11)17;17-13(11-6-2-1-3-7-11)16-15-10-12-8-4-5-9-14-12;/h1-8,16-17H;1-10H,(H,16,17);/q;;+2/p-2/b;15-10+;. The van der Waals surface area contributed by atoms with Crippen LogP contribution >= 0.6 is 15.9 Å². The van der Waals surface area contributed by atoms with Crippen molar-refractivity contribution in [2.24, 2.45) is 10.1 Å². The SMILES string of the molecule is O=C(N/N=C/c1ccccn1)c1ccccc1.[Ni+2].[O-]c1ccc(Br)cc1C=Nc1ccccc1[S-]. The molecule has 9 heteroatoms. The van der Waals surface area contributed by atoms with Gasteiger partial charge in [-0.15, -0.1) is 4.90 Å². The average molecular weight is 590 g/mol. The van der Waals surface area contributed by atoms with Crippen LogP contribution in [-0.2, 0) is 29.1 Å². The summed E-state index contributed by atoms with van der Waals surface area (Å²) < 4.78 is 0.852. The smallest absolute Gasteiger partial charge is 0.872 e. The van der Waals surface area contributed by atoms with Gasteiger partial charge in [0.1, 0.15) is 0 Å². The molecule has 3 aromatic carbocycles. The minimum absolute atomic E-state index is 0. The first-order valence-corrected chi connectivity index (χ1v) is 11.3. The van der Waals surface area contributed by atoms with E-state index in [2.05, 4.69) is 36.4 Å². The van der Waals surface area contributed by atoms with Gasteiger partial charge in [-0.05, 0) is 48.0 Å². The van der Waals surface area contributed by atoms with Crippen molar-refractivity contribution in [2.75, 3.05) is 0 Å². The van der Waals surface area contributed by atoms with Gasteiger partial charge in [0.2, 0.25) is 0 Å². The number of hydrogen-bond acceptors (Lipinski definition) is 6. The van der Waals surface area contributed by atoms with E-state index in [1.54, 1.807) is 54.7 Å². The van der Waals surface area contributed by atoms with E-state index in [0.717, 1.165) is 4.47 Å². The summed E-state index contributed by atoms with van der Waals surface area (Å²) in [6, 6.07) is 26.7. The van der Waals surface area contributed by atoms with Gasteiger partial charge in [-0.2, -0.15) is 5.10 Å². The van der Waals surface area contributed by atoms with Crippen LogP contribution in [0, 0.1) is 0 Å². The maximum absolute atomic E-state index is 11.6. The van der Waals surface area contributed by atoms with E-state index in [1.807, 2.05) is 36.4 Å². The van der Waals surface area contributed by atoms with E-state index in [-0.39, 0.29) is 28.1 Å². The second-order valence-electron chi connectivity index (χ2n) is 6.73. The fourth-order valence-electron chi connectivity index (χ4n) is 2.59. The number of pyridine rings is 1. The summed E-state index contributed by atoms with van der Waals surface area (Å²) in [4.78, 5) is 20.5. The van der Waals surface area contributed by atoms with Crippen molar-refractivity contribution in [3.63, 3.8) is 0 Å². The normalized spacial score (nSPS) is 10.3. The number of benzene rings is 3. The molecule has 0 aliphatic heterocycles. The molecule has 0 unspecified atom stereocenters. The molecule has 1 aromatic heterocycles. The fourth-order valence-corrected chi connectivity index (χ4v) is 3.16. The van der Waals surface area contributed by atoms with E-state index in [1.165, 1.54) is 18.5 Å². The van der Waals surface area contributed by atoms with Gasteiger partial charge in [-0.3, -0.25) is 14.8 Å². The van der Waals surface area contributed by atoms with E-state index in [9.17, 15) is 9.90 Å². The third-order valence-electron chi connectivity index (χ3n) is 4.27. The quantitative estimate of drug-likeness (QED) is 0.153. The molecule has 0 aliphatic carbocycles. The van der Waals surface area contributed by atoms with Crippen LogP contribution in [0.4, 0.5) is 5.69 Å². The van der Waals surface area contributed by atoms with Crippen molar-refractivity contribution >= 4 is 52.6 Å². The summed E-state index contributed by atoms with van der Waals surface area (Å²) in [6.45, 7) is 0. The molecule has 0 fully saturated rings. The molecule has 0 saturated heterocycles. The van der Waals surface area contributed by atoms with Crippen molar-refractivity contribution in [1.82, 2.24) is 10.4 Å². The van der Waals surface area contributed by atoms with Gasteiger partial charge >= 0.3 is 16.5 Å². The van der Waals surface area contributed by atoms with Gasteiger partial charge in [0.05, 0.1) is 11.9 Å². The first-order chi connectivity index (χ1) is 16.5. The molecule has 178 valence electrons. The molecule has 0 saturated carbocycles. The predicted octanol–water partition coefficient (Wildman–Crippen LogP) is 5.02. The van der Waals surface area contributed by atoms with Crippen molar-refractivity contribution < 1.29 is 26.4 Å². The van der Waals surface area contributed by atoms with Crippen LogP contribution in [0.2, 0.25) is 0 Å². The second kappa shape index (κ2) is 14.8. The van der Waals surface area contributed by atoms with Crippen LogP contribution in [-0.4, -0.2) is 23.3 Å². The largest absolute Gasteiger partial charge is 2.00 e. The summed E-state index contributed by atoms with van der Waals surface area (Å²) in [5.41, 5.74) is 4.94. The number of rotatable bonds is 5. The molecular weight excluding hydrogens is 571 g/mol. The summed E-state index contributed by atoms with van der Waals surface area (Å²) in [7, 11) is 0. The Balaban J connectivity index is 0.000000240. The molecule has 35 heavy (non-hydrogen) atoms. The van der Waals surface area contributed by atoms with Crippen LogP contribution in [0.25, 0.3) is 0 Å². The van der Waals surface area contributed by atoms with Crippen LogP contribution in [0.1, 0.15) is 21.6 Å². The molecule has 4 rings (SSSR count). The van der Waals surface area contributed by atoms with Crippen LogP contribution in [0.3, 0.4) is 0 Å². The molecule has 0 atom stereocenters. The Bertz CT molecular complexity index is 1290. The molecule has 0 radical (unpaired) electrons. The summed E-state index contributed by atoms with van der Waals surface area (Å²) in [5, 5.41) is 15.4. The van der Waals surface area contributed by atoms with Crippen LogP contribution < -0.4 is 10.5 Å². The Morgan fingerprint density at radius 3 is 2.37 bits per heavy atom. The first kappa shape index (κ1) is 27.9. The fraction of sp³-hybridized carbons (Fsp3) is 0. The van der Waals surface area contributed by atoms with E-state index >= 15 is 0 Å². The molecule has 1 N–H and O–H groups in total. The first-order valence-electron chi connectivity index (χ1n) is 10.1. The summed E-state index contributed by atoms with van der Waals surface area (Å²) in [5.74, 6) is -0.295. The molecular formula is C26H19BrN4NiO2S. The number of hydrazone groups is 1. The number of hydrogen-bond donors (Lipinski definition) is 1. The van der Waals surface area contributed by atoms with Gasteiger partial charge in [0.15, 0.2) is 0 Å². The average Bonchev–Trinajstić information content (AvgIpc) is 2.87. The van der Waals surface area contributed by atoms with Crippen molar-refractivity contribution in [3.8, 4) is 5.75 Å². The van der Waals surface area contributed by atoms with E-state index < -0.39 is 0 Å². The number of carbonyl (C=O) groups excluding carboxylic acids is 1. The Labute approximate surface area is 227 Å². The number of aromatic nitrogens is 1. The monoisotopic (exact) mass is 588 g/mol. The van der Waals surface area contributed by atoms with Gasteiger partial charge in [0, 0.05) is 28.1 Å². The number of nitrogens with one attached hydrogen (secondary N) is 1. The zero-order valence-electron chi connectivity index (χ0n) is 18.2. The minimum Gasteiger partial charge on any atom is -0.872 e. The van der Waals surface area contributed by atoms with Crippen molar-refractivity contribution in [1.29, 1.82) is 0 Å². The van der Waals surface area contributed by atoms with Gasteiger partial charge in [-0.1, -0.05) is 70.2 Å². The maximum Gasteiger partial charge on any atom is 2.00 e. The molecule has 6 nitrogen and oxygen atoms in total. The third-order valence-corrected chi connectivity index (χ3v) is 5.10. The summed E-state index contributed by atoms with van der Waals surface area (Å²) >= 11 is 8.44. The molecule has 0 spiro atoms. The third kappa shape index (κ3) is 9.41. The second-order valence-corrected chi connectivity index (χ2v) is 8.08. The van der Waals surface area contributed by atoms with Gasteiger partial charge in [0.25, 0.3) is 5.91 Å². The molecule has 0 aliphatic rings. The van der Waals surface area contributed by atoms with Crippen molar-refractivity contribution in [3.05, 3.63) is 118 Å². The zero-order chi connectivity index (χ0) is 24.2.